The first-order valence-corrected chi connectivity index (χ1v) is 8.58. The van der Waals surface area contributed by atoms with Gasteiger partial charge in [0.1, 0.15) is 0 Å². The van der Waals surface area contributed by atoms with Crippen molar-refractivity contribution in [1.29, 1.82) is 0 Å². The van der Waals surface area contributed by atoms with Crippen LogP contribution in [0.25, 0.3) is 34.1 Å². The van der Waals surface area contributed by atoms with Crippen LogP contribution in [0.2, 0.25) is 10.0 Å². The van der Waals surface area contributed by atoms with Gasteiger partial charge < -0.3 is 0 Å². The molecule has 6 nitrogen and oxygen atoms in total. The summed E-state index contributed by atoms with van der Waals surface area (Å²) >= 11 is 12.0. The molecule has 0 aliphatic rings. The number of halogens is 2. The van der Waals surface area contributed by atoms with Gasteiger partial charge in [0, 0.05) is 21.2 Å². The SMILES string of the molecule is Clc1ccc(-c2nnc3ccc4nnc(-c5ccc(Cl)cc5)n4n23)cc1. The highest BCUT2D eigenvalue weighted by Gasteiger charge is 2.16. The van der Waals surface area contributed by atoms with Crippen LogP contribution in [0.15, 0.2) is 60.7 Å². The third-order valence-electron chi connectivity index (χ3n) is 4.12. The van der Waals surface area contributed by atoms with E-state index in [0.29, 0.717) is 33.0 Å². The zero-order chi connectivity index (χ0) is 17.7. The van der Waals surface area contributed by atoms with Crippen molar-refractivity contribution in [3.8, 4) is 22.8 Å². The normalized spacial score (nSPS) is 11.5. The summed E-state index contributed by atoms with van der Waals surface area (Å²) < 4.78 is 3.78. The number of fused-ring (bicyclic) bond motifs is 3. The van der Waals surface area contributed by atoms with Crippen LogP contribution in [-0.2, 0) is 0 Å². The Morgan fingerprint density at radius 2 is 0.885 bits per heavy atom. The molecule has 0 amide bonds. The van der Waals surface area contributed by atoms with Gasteiger partial charge in [-0.3, -0.25) is 0 Å². The second-order valence-corrected chi connectivity index (χ2v) is 6.61. The van der Waals surface area contributed by atoms with Crippen LogP contribution in [0.1, 0.15) is 0 Å². The lowest BCUT2D eigenvalue weighted by molar-refractivity contribution is 0.858. The van der Waals surface area contributed by atoms with Gasteiger partial charge in [0.15, 0.2) is 22.9 Å². The third-order valence-corrected chi connectivity index (χ3v) is 4.62. The third kappa shape index (κ3) is 2.34. The van der Waals surface area contributed by atoms with Crippen molar-refractivity contribution >= 4 is 34.5 Å². The number of rotatable bonds is 2. The largest absolute Gasteiger partial charge is 0.205 e. The molecule has 3 aromatic heterocycles. The van der Waals surface area contributed by atoms with Crippen molar-refractivity contribution in [2.24, 2.45) is 0 Å². The Morgan fingerprint density at radius 3 is 1.27 bits per heavy atom. The fourth-order valence-corrected chi connectivity index (χ4v) is 3.14. The highest BCUT2D eigenvalue weighted by atomic mass is 35.5. The van der Waals surface area contributed by atoms with Crippen molar-refractivity contribution in [2.45, 2.75) is 0 Å². The molecular weight excluding hydrogens is 371 g/mol. The van der Waals surface area contributed by atoms with E-state index in [-0.39, 0.29) is 0 Å². The van der Waals surface area contributed by atoms with E-state index < -0.39 is 0 Å². The molecule has 5 aromatic rings. The molecule has 0 aliphatic heterocycles. The highest BCUT2D eigenvalue weighted by Crippen LogP contribution is 2.25. The molecule has 0 N–H and O–H groups in total. The van der Waals surface area contributed by atoms with Crippen molar-refractivity contribution in [2.75, 3.05) is 0 Å². The summed E-state index contributed by atoms with van der Waals surface area (Å²) in [6, 6.07) is 18.6. The molecule has 0 bridgehead atoms. The quantitative estimate of drug-likeness (QED) is 0.454. The van der Waals surface area contributed by atoms with Crippen LogP contribution in [0.5, 0.6) is 0 Å². The van der Waals surface area contributed by atoms with Crippen molar-refractivity contribution in [3.63, 3.8) is 0 Å². The van der Waals surface area contributed by atoms with Crippen LogP contribution >= 0.6 is 23.2 Å². The Bertz CT molecular complexity index is 1140. The van der Waals surface area contributed by atoms with Gasteiger partial charge in [-0.1, -0.05) is 23.2 Å². The Labute approximate surface area is 157 Å². The minimum atomic E-state index is 0.666. The molecule has 0 saturated carbocycles. The molecule has 0 aliphatic carbocycles. The van der Waals surface area contributed by atoms with Crippen LogP contribution < -0.4 is 0 Å². The monoisotopic (exact) mass is 380 g/mol. The molecular formula is C18H10Cl2N6. The minimum absolute atomic E-state index is 0.666. The molecule has 0 unspecified atom stereocenters. The first-order valence-electron chi connectivity index (χ1n) is 7.82. The Morgan fingerprint density at radius 1 is 0.500 bits per heavy atom. The average molecular weight is 381 g/mol. The van der Waals surface area contributed by atoms with Gasteiger partial charge in [-0.2, -0.15) is 0 Å². The van der Waals surface area contributed by atoms with Gasteiger partial charge in [-0.25, -0.2) is 9.03 Å². The first-order chi connectivity index (χ1) is 12.7. The number of benzene rings is 2. The number of nitrogens with zero attached hydrogens (tertiary/aromatic N) is 6. The molecule has 0 saturated heterocycles. The van der Waals surface area contributed by atoms with Crippen molar-refractivity contribution in [3.05, 3.63) is 70.7 Å². The fraction of sp³-hybridized carbons (Fsp3) is 0. The molecule has 5 rings (SSSR count). The van der Waals surface area contributed by atoms with Gasteiger partial charge in [-0.05, 0) is 60.7 Å². The number of aromatic nitrogens is 6. The summed E-state index contributed by atoms with van der Waals surface area (Å²) in [5, 5.41) is 18.6. The van der Waals surface area contributed by atoms with E-state index in [9.17, 15) is 0 Å². The summed E-state index contributed by atoms with van der Waals surface area (Å²) in [6.07, 6.45) is 0. The zero-order valence-electron chi connectivity index (χ0n) is 13.2. The topological polar surface area (TPSA) is 60.4 Å². The van der Waals surface area contributed by atoms with E-state index in [1.54, 1.807) is 0 Å². The summed E-state index contributed by atoms with van der Waals surface area (Å²) in [6.45, 7) is 0. The minimum Gasteiger partial charge on any atom is -0.205 e. The number of hydrogen-bond donors (Lipinski definition) is 0. The summed E-state index contributed by atoms with van der Waals surface area (Å²) in [7, 11) is 0. The molecule has 3 heterocycles. The standard InChI is InChI=1S/C18H10Cl2N6/c19-13-5-1-11(2-6-13)17-23-21-15-9-10-16-22-24-18(26(16)25(15)17)12-3-7-14(20)8-4-12/h1-10H. The van der Waals surface area contributed by atoms with E-state index in [4.69, 9.17) is 23.2 Å². The maximum absolute atomic E-state index is 6.01. The summed E-state index contributed by atoms with van der Waals surface area (Å²) in [5.74, 6) is 1.36. The van der Waals surface area contributed by atoms with E-state index >= 15 is 0 Å². The molecule has 0 spiro atoms. The Balaban J connectivity index is 1.84. The van der Waals surface area contributed by atoms with Gasteiger partial charge >= 0.3 is 0 Å². The van der Waals surface area contributed by atoms with Crippen LogP contribution in [0, 0.1) is 0 Å². The second-order valence-electron chi connectivity index (χ2n) is 5.73. The predicted octanol–water partition coefficient (Wildman–Crippen LogP) is 4.41. The summed E-state index contributed by atoms with van der Waals surface area (Å²) in [4.78, 5) is 0. The smallest absolute Gasteiger partial charge is 0.183 e. The zero-order valence-corrected chi connectivity index (χ0v) is 14.7. The van der Waals surface area contributed by atoms with E-state index in [1.165, 1.54) is 0 Å². The molecule has 2 aromatic carbocycles. The Kier molecular flexibility index (Phi) is 3.41. The molecule has 0 fully saturated rings. The van der Waals surface area contributed by atoms with E-state index in [1.807, 2.05) is 69.7 Å². The molecule has 0 atom stereocenters. The van der Waals surface area contributed by atoms with Gasteiger partial charge in [0.25, 0.3) is 0 Å². The average Bonchev–Trinajstić information content (AvgIpc) is 3.27. The highest BCUT2D eigenvalue weighted by molar-refractivity contribution is 6.30. The fourth-order valence-electron chi connectivity index (χ4n) is 2.89. The maximum Gasteiger partial charge on any atom is 0.183 e. The Hall–Kier alpha value is -2.96. The second kappa shape index (κ2) is 5.79. The lowest BCUT2D eigenvalue weighted by Gasteiger charge is -2.06. The van der Waals surface area contributed by atoms with Crippen LogP contribution in [-0.4, -0.2) is 29.4 Å². The van der Waals surface area contributed by atoms with E-state index in [0.717, 1.165) is 11.1 Å². The van der Waals surface area contributed by atoms with Crippen LogP contribution in [0.4, 0.5) is 0 Å². The van der Waals surface area contributed by atoms with Crippen LogP contribution in [0.3, 0.4) is 0 Å². The molecule has 26 heavy (non-hydrogen) atoms. The lowest BCUT2D eigenvalue weighted by atomic mass is 10.2. The maximum atomic E-state index is 6.01. The van der Waals surface area contributed by atoms with Crippen molar-refractivity contribution in [1.82, 2.24) is 29.4 Å². The van der Waals surface area contributed by atoms with Gasteiger partial charge in [0.05, 0.1) is 0 Å². The summed E-state index contributed by atoms with van der Waals surface area (Å²) in [5.41, 5.74) is 3.17. The molecule has 126 valence electrons. The predicted molar refractivity (Wildman–Crippen MR) is 100 cm³/mol. The molecule has 0 radical (unpaired) electrons. The lowest BCUT2D eigenvalue weighted by Crippen LogP contribution is -2.04. The van der Waals surface area contributed by atoms with Crippen molar-refractivity contribution < 1.29 is 0 Å². The molecule has 8 heteroatoms. The van der Waals surface area contributed by atoms with Gasteiger partial charge in [-0.15, -0.1) is 20.4 Å². The number of hydrogen-bond acceptors (Lipinski definition) is 4. The van der Waals surface area contributed by atoms with E-state index in [2.05, 4.69) is 20.4 Å². The van der Waals surface area contributed by atoms with Gasteiger partial charge in [0.2, 0.25) is 0 Å². The first kappa shape index (κ1) is 15.3.